The molecule has 1 aliphatic rings. The lowest BCUT2D eigenvalue weighted by Crippen LogP contribution is -2.24. The molecule has 1 aliphatic heterocycles. The Morgan fingerprint density at radius 3 is 2.50 bits per heavy atom. The van der Waals surface area contributed by atoms with Gasteiger partial charge >= 0.3 is 5.97 Å². The second-order valence-corrected chi connectivity index (χ2v) is 7.03. The molecular weight excluding hydrogens is 438 g/mol. The van der Waals surface area contributed by atoms with Crippen LogP contribution in [-0.4, -0.2) is 23.9 Å². The van der Waals surface area contributed by atoms with E-state index in [4.69, 9.17) is 27.9 Å². The Morgan fingerprint density at radius 2 is 1.90 bits per heavy atom. The molecule has 0 saturated carbocycles. The topological polar surface area (TPSA) is 89.8 Å². The minimum Gasteiger partial charge on any atom is -0.465 e. The van der Waals surface area contributed by atoms with Crippen LogP contribution in [0.4, 0.5) is 15.8 Å². The highest BCUT2D eigenvalue weighted by Crippen LogP contribution is 2.37. The summed E-state index contributed by atoms with van der Waals surface area (Å²) in [6.45, 7) is 1.51. The molecule has 7 nitrogen and oxygen atoms in total. The van der Waals surface area contributed by atoms with Gasteiger partial charge in [0.05, 0.1) is 33.9 Å². The standard InChI is InChI=1S/C20H13Cl2FN2O5/c1-10-18(20(27)30-2)14(8-11-7-13(25(28)29)3-5-15(11)21)19(26)24(10)12-4-6-17(23)16(22)9-12/h3-9H,1-2H3/b14-8-. The van der Waals surface area contributed by atoms with E-state index < -0.39 is 22.6 Å². The van der Waals surface area contributed by atoms with E-state index in [1.165, 1.54) is 48.2 Å². The van der Waals surface area contributed by atoms with Crippen LogP contribution in [0.3, 0.4) is 0 Å². The Balaban J connectivity index is 2.19. The third kappa shape index (κ3) is 3.79. The van der Waals surface area contributed by atoms with Crippen LogP contribution in [-0.2, 0) is 14.3 Å². The minimum absolute atomic E-state index is 0.0504. The fourth-order valence-electron chi connectivity index (χ4n) is 3.03. The van der Waals surface area contributed by atoms with Crippen LogP contribution in [0.2, 0.25) is 10.0 Å². The smallest absolute Gasteiger partial charge is 0.340 e. The van der Waals surface area contributed by atoms with E-state index in [0.29, 0.717) is 0 Å². The van der Waals surface area contributed by atoms with Crippen molar-refractivity contribution in [1.82, 2.24) is 0 Å². The number of nitro groups is 1. The van der Waals surface area contributed by atoms with Crippen LogP contribution in [0.1, 0.15) is 12.5 Å². The summed E-state index contributed by atoms with van der Waals surface area (Å²) in [5.74, 6) is -2.08. The number of nitrogens with zero attached hydrogens (tertiary/aromatic N) is 2. The number of nitro benzene ring substituents is 1. The highest BCUT2D eigenvalue weighted by molar-refractivity contribution is 6.33. The SMILES string of the molecule is COC(=O)C1=C(C)N(c2ccc(F)c(Cl)c2)C(=O)/C1=C\c1cc([N+](=O)[O-])ccc1Cl. The molecule has 1 amide bonds. The van der Waals surface area contributed by atoms with Gasteiger partial charge in [-0.05, 0) is 37.3 Å². The van der Waals surface area contributed by atoms with Crippen LogP contribution >= 0.6 is 23.2 Å². The van der Waals surface area contributed by atoms with E-state index in [1.807, 2.05) is 0 Å². The summed E-state index contributed by atoms with van der Waals surface area (Å²) in [6, 6.07) is 7.39. The van der Waals surface area contributed by atoms with Crippen molar-refractivity contribution in [1.29, 1.82) is 0 Å². The zero-order chi connectivity index (χ0) is 22.2. The first-order valence-electron chi connectivity index (χ1n) is 8.40. The van der Waals surface area contributed by atoms with Gasteiger partial charge in [0.25, 0.3) is 11.6 Å². The van der Waals surface area contributed by atoms with Gasteiger partial charge in [-0.1, -0.05) is 23.2 Å². The van der Waals surface area contributed by atoms with Gasteiger partial charge in [0.1, 0.15) is 5.82 Å². The maximum absolute atomic E-state index is 13.5. The third-order valence-corrected chi connectivity index (χ3v) is 5.08. The van der Waals surface area contributed by atoms with E-state index in [2.05, 4.69) is 0 Å². The van der Waals surface area contributed by atoms with Crippen molar-refractivity contribution < 1.29 is 23.6 Å². The van der Waals surface area contributed by atoms with Gasteiger partial charge in [-0.2, -0.15) is 0 Å². The zero-order valence-corrected chi connectivity index (χ0v) is 17.1. The molecule has 2 aromatic carbocycles. The maximum atomic E-state index is 13.5. The normalized spacial score (nSPS) is 15.2. The summed E-state index contributed by atoms with van der Waals surface area (Å²) in [4.78, 5) is 37.2. The average Bonchev–Trinajstić information content (AvgIpc) is 2.94. The fraction of sp³-hybridized carbons (Fsp3) is 0.100. The van der Waals surface area contributed by atoms with Crippen LogP contribution in [0.15, 0.2) is 53.2 Å². The number of hydrogen-bond acceptors (Lipinski definition) is 5. The summed E-state index contributed by atoms with van der Waals surface area (Å²) in [5, 5.41) is 11.0. The van der Waals surface area contributed by atoms with Crippen LogP contribution in [0.25, 0.3) is 6.08 Å². The molecule has 154 valence electrons. The van der Waals surface area contributed by atoms with E-state index in [9.17, 15) is 24.1 Å². The van der Waals surface area contributed by atoms with Gasteiger partial charge in [0.15, 0.2) is 0 Å². The lowest BCUT2D eigenvalue weighted by molar-refractivity contribution is -0.384. The number of carbonyl (C=O) groups is 2. The highest BCUT2D eigenvalue weighted by atomic mass is 35.5. The molecule has 0 unspecified atom stereocenters. The van der Waals surface area contributed by atoms with Gasteiger partial charge in [0, 0.05) is 28.4 Å². The van der Waals surface area contributed by atoms with Gasteiger partial charge in [-0.3, -0.25) is 19.8 Å². The molecule has 0 fully saturated rings. The molecule has 0 N–H and O–H groups in total. The number of methoxy groups -OCH3 is 1. The Kier molecular flexibility index (Phi) is 5.91. The molecule has 3 rings (SSSR count). The summed E-state index contributed by atoms with van der Waals surface area (Å²) < 4.78 is 18.3. The molecule has 2 aromatic rings. The maximum Gasteiger partial charge on any atom is 0.340 e. The number of carbonyl (C=O) groups excluding carboxylic acids is 2. The first kappa shape index (κ1) is 21.5. The second-order valence-electron chi connectivity index (χ2n) is 6.21. The molecule has 30 heavy (non-hydrogen) atoms. The monoisotopic (exact) mass is 450 g/mol. The predicted molar refractivity (Wildman–Crippen MR) is 110 cm³/mol. The van der Waals surface area contributed by atoms with Gasteiger partial charge in [-0.25, -0.2) is 9.18 Å². The number of benzene rings is 2. The van der Waals surface area contributed by atoms with Gasteiger partial charge < -0.3 is 4.74 Å². The van der Waals surface area contributed by atoms with E-state index in [-0.39, 0.29) is 43.8 Å². The third-order valence-electron chi connectivity index (χ3n) is 4.44. The summed E-state index contributed by atoms with van der Waals surface area (Å²) >= 11 is 12.0. The van der Waals surface area contributed by atoms with Crippen molar-refractivity contribution in [2.75, 3.05) is 12.0 Å². The Labute approximate surface area is 180 Å². The number of esters is 1. The van der Waals surface area contributed by atoms with Crippen molar-refractivity contribution in [2.45, 2.75) is 6.92 Å². The van der Waals surface area contributed by atoms with Gasteiger partial charge in [-0.15, -0.1) is 0 Å². The minimum atomic E-state index is -0.788. The molecule has 0 spiro atoms. The lowest BCUT2D eigenvalue weighted by atomic mass is 10.0. The molecule has 0 atom stereocenters. The molecule has 10 heteroatoms. The number of ether oxygens (including phenoxy) is 1. The predicted octanol–water partition coefficient (Wildman–Crippen LogP) is 4.92. The first-order chi connectivity index (χ1) is 14.1. The van der Waals surface area contributed by atoms with Crippen molar-refractivity contribution in [3.63, 3.8) is 0 Å². The average molecular weight is 451 g/mol. The number of halogens is 3. The number of non-ortho nitro benzene ring substituents is 1. The molecule has 1 heterocycles. The van der Waals surface area contributed by atoms with Crippen LogP contribution < -0.4 is 4.90 Å². The van der Waals surface area contributed by atoms with Crippen molar-refractivity contribution in [3.8, 4) is 0 Å². The Morgan fingerprint density at radius 1 is 1.20 bits per heavy atom. The quantitative estimate of drug-likeness (QED) is 0.285. The first-order valence-corrected chi connectivity index (χ1v) is 9.16. The van der Waals surface area contributed by atoms with Crippen LogP contribution in [0, 0.1) is 15.9 Å². The molecule has 0 bridgehead atoms. The highest BCUT2D eigenvalue weighted by Gasteiger charge is 2.38. The molecule has 0 aromatic heterocycles. The Hall–Kier alpha value is -3.23. The lowest BCUT2D eigenvalue weighted by Gasteiger charge is -2.18. The second kappa shape index (κ2) is 8.25. The number of hydrogen-bond donors (Lipinski definition) is 0. The number of rotatable bonds is 4. The number of allylic oxidation sites excluding steroid dienone is 1. The van der Waals surface area contributed by atoms with E-state index in [1.54, 1.807) is 0 Å². The number of amides is 1. The van der Waals surface area contributed by atoms with Crippen molar-refractivity contribution >= 4 is 52.5 Å². The van der Waals surface area contributed by atoms with Crippen LogP contribution in [0.5, 0.6) is 0 Å². The molecule has 0 aliphatic carbocycles. The summed E-state index contributed by atoms with van der Waals surface area (Å²) in [6.07, 6.45) is 1.28. The fourth-order valence-corrected chi connectivity index (χ4v) is 3.37. The van der Waals surface area contributed by atoms with E-state index >= 15 is 0 Å². The summed E-state index contributed by atoms with van der Waals surface area (Å²) in [5.41, 5.74) is 0.260. The van der Waals surface area contributed by atoms with Crippen molar-refractivity contribution in [3.05, 3.63) is 84.8 Å². The molecule has 0 radical (unpaired) electrons. The largest absolute Gasteiger partial charge is 0.465 e. The molecular formula is C20H13Cl2FN2O5. The molecule has 0 saturated heterocycles. The van der Waals surface area contributed by atoms with Gasteiger partial charge in [0.2, 0.25) is 0 Å². The number of anilines is 1. The zero-order valence-electron chi connectivity index (χ0n) is 15.6. The summed E-state index contributed by atoms with van der Waals surface area (Å²) in [7, 11) is 1.16. The Bertz CT molecular complexity index is 1160. The van der Waals surface area contributed by atoms with E-state index in [0.717, 1.165) is 13.2 Å². The van der Waals surface area contributed by atoms with Crippen molar-refractivity contribution in [2.24, 2.45) is 0 Å².